The third-order valence-electron chi connectivity index (χ3n) is 10.0. The van der Waals surface area contributed by atoms with Crippen LogP contribution in [0.4, 0.5) is 0 Å². The summed E-state index contributed by atoms with van der Waals surface area (Å²) in [5.41, 5.74) is -0.0616. The van der Waals surface area contributed by atoms with Crippen LogP contribution in [0.5, 0.6) is 0 Å². The van der Waals surface area contributed by atoms with Gasteiger partial charge >= 0.3 is 0 Å². The minimum Gasteiger partial charge on any atom is -0.347 e. The maximum Gasteiger partial charge on any atom is 0.241 e. The number of amides is 2. The number of rotatable bonds is 37. The van der Waals surface area contributed by atoms with E-state index in [1.54, 1.807) is 0 Å². The molecule has 0 aromatic heterocycles. The summed E-state index contributed by atoms with van der Waals surface area (Å²) in [5.74, 6) is 0.0831. The fraction of sp³-hybridized carbons (Fsp3) is 0.955. The van der Waals surface area contributed by atoms with Gasteiger partial charge in [0.25, 0.3) is 0 Å². The van der Waals surface area contributed by atoms with E-state index in [0.717, 1.165) is 25.9 Å². The van der Waals surface area contributed by atoms with Crippen LogP contribution < -0.4 is 5.32 Å². The van der Waals surface area contributed by atoms with Crippen molar-refractivity contribution in [3.63, 3.8) is 0 Å². The molecule has 286 valence electrons. The third kappa shape index (κ3) is 36.2. The van der Waals surface area contributed by atoms with E-state index in [1.807, 2.05) is 4.90 Å². The number of nitrogens with one attached hydrogen (secondary N) is 1. The van der Waals surface area contributed by atoms with Crippen LogP contribution in [-0.4, -0.2) is 36.3 Å². The van der Waals surface area contributed by atoms with Gasteiger partial charge in [-0.15, -0.1) is 0 Å². The van der Waals surface area contributed by atoms with Crippen molar-refractivity contribution in [1.82, 2.24) is 10.2 Å². The summed E-state index contributed by atoms with van der Waals surface area (Å²) in [5, 5.41) is 2.90. The average Bonchev–Trinajstić information content (AvgIpc) is 3.05. The van der Waals surface area contributed by atoms with Crippen LogP contribution in [0.2, 0.25) is 0 Å². The molecule has 0 aromatic rings. The van der Waals surface area contributed by atoms with Crippen molar-refractivity contribution in [1.29, 1.82) is 0 Å². The monoisotopic (exact) mass is 677 g/mol. The lowest BCUT2D eigenvalue weighted by molar-refractivity contribution is -0.133. The predicted molar refractivity (Wildman–Crippen MR) is 213 cm³/mol. The summed E-state index contributed by atoms with van der Waals surface area (Å²) in [6.07, 6.45) is 44.1. The Hall–Kier alpha value is -1.06. The number of carbonyl (C=O) groups is 2. The van der Waals surface area contributed by atoms with Crippen LogP contribution in [0, 0.1) is 5.41 Å². The molecule has 0 saturated carbocycles. The van der Waals surface area contributed by atoms with Crippen molar-refractivity contribution < 1.29 is 9.59 Å². The first-order valence-electron chi connectivity index (χ1n) is 21.8. The summed E-state index contributed by atoms with van der Waals surface area (Å²) in [6, 6.07) is 0. The second-order valence-corrected chi connectivity index (χ2v) is 16.5. The van der Waals surface area contributed by atoms with E-state index >= 15 is 0 Å². The van der Waals surface area contributed by atoms with Gasteiger partial charge in [-0.2, -0.15) is 0 Å². The SMILES string of the molecule is CCCCCCCCCCCCCCCCCCN(CCCCCCCCCCCCCCCCCC)C(=O)CNC(=O)CC(C)(C)C. The molecule has 0 aromatic carbocycles. The lowest BCUT2D eigenvalue weighted by Gasteiger charge is -2.24. The van der Waals surface area contributed by atoms with Gasteiger partial charge in [0.15, 0.2) is 0 Å². The molecule has 0 bridgehead atoms. The second kappa shape index (κ2) is 35.8. The van der Waals surface area contributed by atoms with Gasteiger partial charge in [0.1, 0.15) is 0 Å². The van der Waals surface area contributed by atoms with Crippen LogP contribution in [0.1, 0.15) is 247 Å². The quantitative estimate of drug-likeness (QED) is 0.0666. The molecule has 0 aliphatic rings. The number of carbonyl (C=O) groups excluding carboxylic acids is 2. The van der Waals surface area contributed by atoms with Gasteiger partial charge in [0.2, 0.25) is 11.8 Å². The Bertz CT molecular complexity index is 650. The van der Waals surface area contributed by atoms with Crippen LogP contribution in [-0.2, 0) is 9.59 Å². The first-order chi connectivity index (χ1) is 23.3. The number of hydrogen-bond donors (Lipinski definition) is 1. The lowest BCUT2D eigenvalue weighted by atomic mass is 9.92. The fourth-order valence-electron chi connectivity index (χ4n) is 6.89. The van der Waals surface area contributed by atoms with E-state index in [1.165, 1.54) is 193 Å². The lowest BCUT2D eigenvalue weighted by Crippen LogP contribution is -2.41. The zero-order valence-corrected chi connectivity index (χ0v) is 33.7. The average molecular weight is 677 g/mol. The Kier molecular flexibility index (Phi) is 35.0. The van der Waals surface area contributed by atoms with E-state index < -0.39 is 0 Å². The Balaban J connectivity index is 4.04. The highest BCUT2D eigenvalue weighted by molar-refractivity contribution is 5.84. The topological polar surface area (TPSA) is 49.4 Å². The highest BCUT2D eigenvalue weighted by atomic mass is 16.2. The standard InChI is InChI=1S/C44H88N2O2/c1-6-8-10-12-14-16-18-20-22-24-26-28-30-32-34-36-38-46(43(48)41-45-42(47)40-44(3,4)5)39-37-35-33-31-29-27-25-23-21-19-17-15-13-11-9-7-2/h6-41H2,1-5H3,(H,45,47). The molecule has 2 amide bonds. The highest BCUT2D eigenvalue weighted by Crippen LogP contribution is 2.18. The minimum atomic E-state index is -0.0616. The fourth-order valence-corrected chi connectivity index (χ4v) is 6.89. The summed E-state index contributed by atoms with van der Waals surface area (Å²) in [4.78, 5) is 27.5. The highest BCUT2D eigenvalue weighted by Gasteiger charge is 2.18. The summed E-state index contributed by atoms with van der Waals surface area (Å²) in [6.45, 7) is 12.6. The van der Waals surface area contributed by atoms with Gasteiger partial charge in [-0.25, -0.2) is 0 Å². The van der Waals surface area contributed by atoms with Crippen LogP contribution >= 0.6 is 0 Å². The van der Waals surface area contributed by atoms with Crippen molar-refractivity contribution in [3.05, 3.63) is 0 Å². The first-order valence-corrected chi connectivity index (χ1v) is 21.8. The maximum absolute atomic E-state index is 13.1. The molecule has 0 rings (SSSR count). The van der Waals surface area contributed by atoms with Crippen LogP contribution in [0.15, 0.2) is 0 Å². The summed E-state index contributed by atoms with van der Waals surface area (Å²) < 4.78 is 0. The number of hydrogen-bond acceptors (Lipinski definition) is 2. The Morgan fingerprint density at radius 2 is 0.667 bits per heavy atom. The van der Waals surface area contributed by atoms with Gasteiger partial charge in [-0.3, -0.25) is 9.59 Å². The molecular formula is C44H88N2O2. The normalized spacial score (nSPS) is 11.7. The van der Waals surface area contributed by atoms with Gasteiger partial charge in [0, 0.05) is 19.5 Å². The molecule has 0 spiro atoms. The van der Waals surface area contributed by atoms with Crippen molar-refractivity contribution in [2.75, 3.05) is 19.6 Å². The predicted octanol–water partition coefficient (Wildman–Crippen LogP) is 13.9. The number of unbranched alkanes of at least 4 members (excludes halogenated alkanes) is 30. The smallest absolute Gasteiger partial charge is 0.241 e. The largest absolute Gasteiger partial charge is 0.347 e. The van der Waals surface area contributed by atoms with Crippen LogP contribution in [0.25, 0.3) is 0 Å². The second-order valence-electron chi connectivity index (χ2n) is 16.5. The van der Waals surface area contributed by atoms with Crippen molar-refractivity contribution >= 4 is 11.8 Å². The first kappa shape index (κ1) is 46.9. The molecule has 0 unspecified atom stereocenters. The molecule has 4 heteroatoms. The molecule has 0 aliphatic carbocycles. The molecule has 4 nitrogen and oxygen atoms in total. The van der Waals surface area contributed by atoms with E-state index in [0.29, 0.717) is 6.42 Å². The number of nitrogens with zero attached hydrogens (tertiary/aromatic N) is 1. The Morgan fingerprint density at radius 1 is 0.417 bits per heavy atom. The van der Waals surface area contributed by atoms with Gasteiger partial charge in [0.05, 0.1) is 6.54 Å². The van der Waals surface area contributed by atoms with E-state index in [4.69, 9.17) is 0 Å². The molecule has 0 radical (unpaired) electrons. The molecule has 1 N–H and O–H groups in total. The maximum atomic E-state index is 13.1. The molecule has 0 heterocycles. The van der Waals surface area contributed by atoms with Gasteiger partial charge in [-0.05, 0) is 18.3 Å². The van der Waals surface area contributed by atoms with E-state index in [2.05, 4.69) is 39.9 Å². The van der Waals surface area contributed by atoms with Crippen molar-refractivity contribution in [2.24, 2.45) is 5.41 Å². The Morgan fingerprint density at radius 3 is 0.917 bits per heavy atom. The molecule has 48 heavy (non-hydrogen) atoms. The van der Waals surface area contributed by atoms with Gasteiger partial charge in [-0.1, -0.05) is 227 Å². The van der Waals surface area contributed by atoms with Crippen molar-refractivity contribution in [2.45, 2.75) is 247 Å². The van der Waals surface area contributed by atoms with Gasteiger partial charge < -0.3 is 10.2 Å². The molecule has 0 aliphatic heterocycles. The Labute approximate surface area is 302 Å². The van der Waals surface area contributed by atoms with E-state index in [9.17, 15) is 9.59 Å². The van der Waals surface area contributed by atoms with Crippen LogP contribution in [0.3, 0.4) is 0 Å². The van der Waals surface area contributed by atoms with Crippen molar-refractivity contribution in [3.8, 4) is 0 Å². The minimum absolute atomic E-state index is 0.0133. The molecular weight excluding hydrogens is 588 g/mol. The zero-order valence-electron chi connectivity index (χ0n) is 33.7. The van der Waals surface area contributed by atoms with E-state index in [-0.39, 0.29) is 23.8 Å². The molecule has 0 fully saturated rings. The summed E-state index contributed by atoms with van der Waals surface area (Å²) >= 11 is 0. The molecule has 0 atom stereocenters. The molecule has 0 saturated heterocycles. The third-order valence-corrected chi connectivity index (χ3v) is 10.0. The summed E-state index contributed by atoms with van der Waals surface area (Å²) in [7, 11) is 0. The zero-order chi connectivity index (χ0) is 35.4.